The Hall–Kier alpha value is -1.20. The third kappa shape index (κ3) is 3.42. The molecular weight excluding hydrogens is 311 g/mol. The molecule has 2 rings (SSSR count). The lowest BCUT2D eigenvalue weighted by molar-refractivity contribution is 0.166. The second-order valence-corrected chi connectivity index (χ2v) is 5.30. The predicted octanol–water partition coefficient (Wildman–Crippen LogP) is 3.47. The van der Waals surface area contributed by atoms with Gasteiger partial charge in [-0.2, -0.15) is 5.10 Å². The van der Waals surface area contributed by atoms with Crippen molar-refractivity contribution < 1.29 is 9.50 Å². The molecule has 0 aliphatic rings. The number of nitrogens with zero attached hydrogens (tertiary/aromatic N) is 2. The number of halogens is 2. The Morgan fingerprint density at radius 3 is 2.89 bits per heavy atom. The van der Waals surface area contributed by atoms with E-state index in [0.717, 1.165) is 24.2 Å². The summed E-state index contributed by atoms with van der Waals surface area (Å²) in [5.41, 5.74) is 1.67. The first-order valence-corrected chi connectivity index (χ1v) is 7.04. The fraction of sp³-hybridized carbons (Fsp3) is 0.357. The van der Waals surface area contributed by atoms with Gasteiger partial charge in [0.15, 0.2) is 0 Å². The van der Waals surface area contributed by atoms with Gasteiger partial charge in [0, 0.05) is 19.2 Å². The summed E-state index contributed by atoms with van der Waals surface area (Å²) in [6.07, 6.45) is 2.46. The maximum Gasteiger partial charge on any atom is 0.137 e. The first-order valence-electron chi connectivity index (χ1n) is 6.25. The molecule has 102 valence electrons. The van der Waals surface area contributed by atoms with Crippen molar-refractivity contribution in [2.75, 3.05) is 0 Å². The van der Waals surface area contributed by atoms with Crippen LogP contribution in [0.15, 0.2) is 34.9 Å². The second-order valence-electron chi connectivity index (χ2n) is 4.45. The summed E-state index contributed by atoms with van der Waals surface area (Å²) in [7, 11) is 0. The number of aliphatic hydroxyl groups excluding tert-OH is 1. The fourth-order valence-electron chi connectivity index (χ4n) is 2.02. The highest BCUT2D eigenvalue weighted by Gasteiger charge is 2.14. The molecule has 0 aliphatic carbocycles. The molecule has 1 aromatic heterocycles. The Bertz CT molecular complexity index is 556. The van der Waals surface area contributed by atoms with Crippen molar-refractivity contribution in [1.82, 2.24) is 9.78 Å². The minimum atomic E-state index is -0.633. The fourth-order valence-corrected chi connectivity index (χ4v) is 2.45. The van der Waals surface area contributed by atoms with Crippen LogP contribution in [0.4, 0.5) is 4.39 Å². The number of aryl methyl sites for hydroxylation is 1. The smallest absolute Gasteiger partial charge is 0.137 e. The van der Waals surface area contributed by atoms with E-state index in [9.17, 15) is 9.50 Å². The van der Waals surface area contributed by atoms with Crippen LogP contribution in [-0.4, -0.2) is 14.9 Å². The maximum atomic E-state index is 13.2. The molecule has 1 N–H and O–H groups in total. The van der Waals surface area contributed by atoms with E-state index in [1.54, 1.807) is 18.3 Å². The zero-order valence-electron chi connectivity index (χ0n) is 10.7. The molecule has 1 heterocycles. The molecule has 0 amide bonds. The highest BCUT2D eigenvalue weighted by molar-refractivity contribution is 9.10. The number of rotatable bonds is 5. The van der Waals surface area contributed by atoms with Crippen LogP contribution in [0, 0.1) is 5.82 Å². The summed E-state index contributed by atoms with van der Waals surface area (Å²) >= 11 is 3.15. The molecule has 2 aromatic rings. The van der Waals surface area contributed by atoms with Gasteiger partial charge in [-0.1, -0.05) is 13.0 Å². The van der Waals surface area contributed by atoms with Gasteiger partial charge in [0.25, 0.3) is 0 Å². The Balaban J connectivity index is 2.13. The van der Waals surface area contributed by atoms with Gasteiger partial charge >= 0.3 is 0 Å². The van der Waals surface area contributed by atoms with Crippen LogP contribution in [-0.2, 0) is 13.0 Å². The average Bonchev–Trinajstić information content (AvgIpc) is 2.83. The lowest BCUT2D eigenvalue weighted by atomic mass is 10.1. The van der Waals surface area contributed by atoms with Crippen molar-refractivity contribution in [3.05, 3.63) is 52.0 Å². The van der Waals surface area contributed by atoms with E-state index in [-0.39, 0.29) is 5.82 Å². The molecule has 1 atom stereocenters. The molecule has 0 saturated heterocycles. The quantitative estimate of drug-likeness (QED) is 0.913. The lowest BCUT2D eigenvalue weighted by Crippen LogP contribution is -2.11. The first kappa shape index (κ1) is 14.2. The van der Waals surface area contributed by atoms with E-state index in [4.69, 9.17) is 0 Å². The molecular formula is C14H16BrFN2O. The van der Waals surface area contributed by atoms with Crippen LogP contribution in [0.5, 0.6) is 0 Å². The number of aliphatic hydroxyl groups is 1. The summed E-state index contributed by atoms with van der Waals surface area (Å²) in [5.74, 6) is -0.297. The minimum Gasteiger partial charge on any atom is -0.386 e. The van der Waals surface area contributed by atoms with Crippen LogP contribution in [0.1, 0.15) is 30.7 Å². The Morgan fingerprint density at radius 2 is 2.21 bits per heavy atom. The number of aromatic nitrogens is 2. The van der Waals surface area contributed by atoms with Crippen LogP contribution in [0.25, 0.3) is 0 Å². The first-order chi connectivity index (χ1) is 9.11. The summed E-state index contributed by atoms with van der Waals surface area (Å²) in [6.45, 7) is 2.85. The van der Waals surface area contributed by atoms with Crippen molar-refractivity contribution in [2.45, 2.75) is 32.4 Å². The Morgan fingerprint density at radius 1 is 1.42 bits per heavy atom. The van der Waals surface area contributed by atoms with Crippen LogP contribution in [0.2, 0.25) is 0 Å². The molecule has 3 nitrogen and oxygen atoms in total. The number of benzene rings is 1. The van der Waals surface area contributed by atoms with Crippen LogP contribution >= 0.6 is 15.9 Å². The largest absolute Gasteiger partial charge is 0.386 e. The summed E-state index contributed by atoms with van der Waals surface area (Å²) in [6, 6.07) is 6.59. The zero-order valence-corrected chi connectivity index (χ0v) is 12.3. The van der Waals surface area contributed by atoms with Crippen molar-refractivity contribution in [3.8, 4) is 0 Å². The topological polar surface area (TPSA) is 38.0 Å². The SMILES string of the molecule is CCCn1nccc1C(O)Cc1ccc(F)c(Br)c1. The molecule has 0 aliphatic heterocycles. The maximum absolute atomic E-state index is 13.2. The third-order valence-corrected chi connectivity index (χ3v) is 3.55. The predicted molar refractivity (Wildman–Crippen MR) is 75.3 cm³/mol. The van der Waals surface area contributed by atoms with Gasteiger partial charge in [0.2, 0.25) is 0 Å². The molecule has 0 fully saturated rings. The van der Waals surface area contributed by atoms with Gasteiger partial charge in [-0.3, -0.25) is 4.68 Å². The van der Waals surface area contributed by atoms with E-state index in [0.29, 0.717) is 10.9 Å². The Kier molecular flexibility index (Phi) is 4.71. The molecule has 0 radical (unpaired) electrons. The number of hydrogen-bond acceptors (Lipinski definition) is 2. The zero-order chi connectivity index (χ0) is 13.8. The van der Waals surface area contributed by atoms with Crippen molar-refractivity contribution in [2.24, 2.45) is 0 Å². The minimum absolute atomic E-state index is 0.297. The van der Waals surface area contributed by atoms with Gasteiger partial charge in [-0.05, 0) is 46.1 Å². The van der Waals surface area contributed by atoms with E-state index in [1.165, 1.54) is 6.07 Å². The summed E-state index contributed by atoms with van der Waals surface area (Å²) in [5, 5.41) is 14.4. The second kappa shape index (κ2) is 6.30. The molecule has 0 saturated carbocycles. The third-order valence-electron chi connectivity index (χ3n) is 2.94. The number of hydrogen-bond donors (Lipinski definition) is 1. The highest BCUT2D eigenvalue weighted by atomic mass is 79.9. The molecule has 19 heavy (non-hydrogen) atoms. The van der Waals surface area contributed by atoms with E-state index >= 15 is 0 Å². The monoisotopic (exact) mass is 326 g/mol. The molecule has 1 aromatic carbocycles. The normalized spacial score (nSPS) is 12.6. The van der Waals surface area contributed by atoms with Crippen LogP contribution in [0.3, 0.4) is 0 Å². The summed E-state index contributed by atoms with van der Waals surface area (Å²) < 4.78 is 15.4. The van der Waals surface area contributed by atoms with E-state index in [1.807, 2.05) is 10.7 Å². The van der Waals surface area contributed by atoms with Gasteiger partial charge in [0.1, 0.15) is 5.82 Å². The molecule has 0 spiro atoms. The van der Waals surface area contributed by atoms with E-state index in [2.05, 4.69) is 28.0 Å². The molecule has 0 bridgehead atoms. The van der Waals surface area contributed by atoms with Crippen molar-refractivity contribution >= 4 is 15.9 Å². The van der Waals surface area contributed by atoms with E-state index < -0.39 is 6.10 Å². The van der Waals surface area contributed by atoms with Gasteiger partial charge < -0.3 is 5.11 Å². The molecule has 5 heteroatoms. The summed E-state index contributed by atoms with van der Waals surface area (Å²) in [4.78, 5) is 0. The average molecular weight is 327 g/mol. The lowest BCUT2D eigenvalue weighted by Gasteiger charge is -2.13. The Labute approximate surface area is 120 Å². The van der Waals surface area contributed by atoms with Gasteiger partial charge in [-0.15, -0.1) is 0 Å². The van der Waals surface area contributed by atoms with Gasteiger partial charge in [0.05, 0.1) is 16.3 Å². The van der Waals surface area contributed by atoms with Gasteiger partial charge in [-0.25, -0.2) is 4.39 Å². The molecule has 1 unspecified atom stereocenters. The van der Waals surface area contributed by atoms with Crippen molar-refractivity contribution in [3.63, 3.8) is 0 Å². The van der Waals surface area contributed by atoms with Crippen molar-refractivity contribution in [1.29, 1.82) is 0 Å². The highest BCUT2D eigenvalue weighted by Crippen LogP contribution is 2.22. The van der Waals surface area contributed by atoms with Crippen LogP contribution < -0.4 is 0 Å². The standard InChI is InChI=1S/C14H16BrFN2O/c1-2-7-18-13(5-6-17-18)14(19)9-10-3-4-12(16)11(15)8-10/h3-6,8,14,19H,2,7,9H2,1H3.